The molecule has 0 aromatic heterocycles. The molecular weight excluding hydrogens is 142 g/mol. The fourth-order valence-corrected chi connectivity index (χ4v) is 0.915. The highest BCUT2D eigenvalue weighted by atomic mass is 16.4. The number of rotatable bonds is 4. The number of aliphatic hydroxyl groups is 2. The quantitative estimate of drug-likeness (QED) is 0.549. The lowest BCUT2D eigenvalue weighted by Gasteiger charge is -2.37. The van der Waals surface area contributed by atoms with Crippen LogP contribution in [0.5, 0.6) is 0 Å². The first-order chi connectivity index (χ1) is 4.87. The van der Waals surface area contributed by atoms with Crippen molar-refractivity contribution in [2.75, 3.05) is 13.6 Å². The van der Waals surface area contributed by atoms with Crippen molar-refractivity contribution in [3.05, 3.63) is 0 Å². The molecule has 0 aromatic carbocycles. The number of likely N-dealkylation sites (N-methyl/N-ethyl adjacent to an activating group) is 1. The Hall–Kier alpha value is -0.120. The zero-order valence-corrected chi connectivity index (χ0v) is 7.81. The van der Waals surface area contributed by atoms with E-state index in [0.29, 0.717) is 13.0 Å². The SMILES string of the molecule is CCC(C)(O)C(C)(O)CNC. The van der Waals surface area contributed by atoms with Crippen LogP contribution in [0.4, 0.5) is 0 Å². The van der Waals surface area contributed by atoms with E-state index in [1.807, 2.05) is 6.92 Å². The molecule has 3 nitrogen and oxygen atoms in total. The van der Waals surface area contributed by atoms with Crippen molar-refractivity contribution in [1.29, 1.82) is 0 Å². The smallest absolute Gasteiger partial charge is 0.103 e. The molecule has 3 N–H and O–H groups in total. The Labute approximate surface area is 68.4 Å². The third kappa shape index (κ3) is 2.43. The summed E-state index contributed by atoms with van der Waals surface area (Å²) in [6.07, 6.45) is 0.543. The van der Waals surface area contributed by atoms with Crippen LogP contribution in [-0.4, -0.2) is 35.0 Å². The summed E-state index contributed by atoms with van der Waals surface area (Å²) in [5.74, 6) is 0. The number of hydrogen-bond acceptors (Lipinski definition) is 3. The van der Waals surface area contributed by atoms with E-state index in [2.05, 4.69) is 5.32 Å². The van der Waals surface area contributed by atoms with E-state index in [-0.39, 0.29) is 0 Å². The van der Waals surface area contributed by atoms with E-state index in [1.54, 1.807) is 20.9 Å². The minimum atomic E-state index is -1.06. The second kappa shape index (κ2) is 3.52. The van der Waals surface area contributed by atoms with Gasteiger partial charge in [0.2, 0.25) is 0 Å². The van der Waals surface area contributed by atoms with Gasteiger partial charge in [-0.1, -0.05) is 6.92 Å². The Morgan fingerprint density at radius 3 is 1.91 bits per heavy atom. The van der Waals surface area contributed by atoms with Crippen LogP contribution in [-0.2, 0) is 0 Å². The molecule has 0 amide bonds. The van der Waals surface area contributed by atoms with Crippen molar-refractivity contribution in [3.8, 4) is 0 Å². The van der Waals surface area contributed by atoms with Gasteiger partial charge in [0, 0.05) is 6.54 Å². The van der Waals surface area contributed by atoms with E-state index in [0.717, 1.165) is 0 Å². The Balaban J connectivity index is 4.26. The summed E-state index contributed by atoms with van der Waals surface area (Å²) in [7, 11) is 1.75. The van der Waals surface area contributed by atoms with Crippen molar-refractivity contribution < 1.29 is 10.2 Å². The molecule has 2 atom stereocenters. The first-order valence-corrected chi connectivity index (χ1v) is 3.96. The van der Waals surface area contributed by atoms with E-state index in [1.165, 1.54) is 0 Å². The van der Waals surface area contributed by atoms with Crippen molar-refractivity contribution in [2.45, 2.75) is 38.4 Å². The average Bonchev–Trinajstić information content (AvgIpc) is 1.87. The number of hydrogen-bond donors (Lipinski definition) is 3. The molecular formula is C8H19NO2. The maximum Gasteiger partial charge on any atom is 0.103 e. The summed E-state index contributed by atoms with van der Waals surface area (Å²) in [6, 6.07) is 0. The van der Waals surface area contributed by atoms with Gasteiger partial charge in [0.1, 0.15) is 5.60 Å². The molecule has 68 valence electrons. The topological polar surface area (TPSA) is 52.5 Å². The van der Waals surface area contributed by atoms with Crippen LogP contribution in [0.15, 0.2) is 0 Å². The highest BCUT2D eigenvalue weighted by molar-refractivity contribution is 4.93. The van der Waals surface area contributed by atoms with Crippen LogP contribution in [0, 0.1) is 0 Å². The highest BCUT2D eigenvalue weighted by Crippen LogP contribution is 2.23. The molecule has 0 saturated heterocycles. The summed E-state index contributed by atoms with van der Waals surface area (Å²) < 4.78 is 0. The predicted octanol–water partition coefficient (Wildman–Crippen LogP) is 0.118. The van der Waals surface area contributed by atoms with Crippen molar-refractivity contribution >= 4 is 0 Å². The van der Waals surface area contributed by atoms with Gasteiger partial charge in [-0.15, -0.1) is 0 Å². The van der Waals surface area contributed by atoms with Gasteiger partial charge in [-0.05, 0) is 27.3 Å². The Bertz CT molecular complexity index is 121. The Morgan fingerprint density at radius 2 is 1.64 bits per heavy atom. The van der Waals surface area contributed by atoms with Gasteiger partial charge in [-0.2, -0.15) is 0 Å². The second-order valence-electron chi connectivity index (χ2n) is 3.43. The van der Waals surface area contributed by atoms with Crippen LogP contribution in [0.2, 0.25) is 0 Å². The molecule has 0 saturated carbocycles. The maximum atomic E-state index is 9.73. The van der Waals surface area contributed by atoms with Crippen LogP contribution in [0.3, 0.4) is 0 Å². The molecule has 0 aliphatic heterocycles. The summed E-state index contributed by atoms with van der Waals surface area (Å²) >= 11 is 0. The maximum absolute atomic E-state index is 9.73. The van der Waals surface area contributed by atoms with Gasteiger partial charge in [0.05, 0.1) is 5.60 Å². The second-order valence-corrected chi connectivity index (χ2v) is 3.43. The molecule has 0 rings (SSSR count). The Morgan fingerprint density at radius 1 is 1.18 bits per heavy atom. The summed E-state index contributed by atoms with van der Waals surface area (Å²) in [6.45, 7) is 5.52. The third-order valence-corrected chi connectivity index (χ3v) is 2.37. The van der Waals surface area contributed by atoms with Crippen LogP contribution in [0.1, 0.15) is 27.2 Å². The predicted molar refractivity (Wildman–Crippen MR) is 45.5 cm³/mol. The summed E-state index contributed by atoms with van der Waals surface area (Å²) in [5, 5.41) is 22.3. The fourth-order valence-electron chi connectivity index (χ4n) is 0.915. The molecule has 0 aliphatic carbocycles. The van der Waals surface area contributed by atoms with E-state index < -0.39 is 11.2 Å². The third-order valence-electron chi connectivity index (χ3n) is 2.37. The van der Waals surface area contributed by atoms with Crippen LogP contribution in [0.25, 0.3) is 0 Å². The monoisotopic (exact) mass is 161 g/mol. The molecule has 0 fully saturated rings. The number of nitrogens with one attached hydrogen (secondary N) is 1. The fraction of sp³-hybridized carbons (Fsp3) is 1.00. The zero-order valence-electron chi connectivity index (χ0n) is 7.81. The van der Waals surface area contributed by atoms with Gasteiger partial charge < -0.3 is 15.5 Å². The van der Waals surface area contributed by atoms with Gasteiger partial charge in [-0.3, -0.25) is 0 Å². The molecule has 0 heterocycles. The standard InChI is InChI=1S/C8H19NO2/c1-5-7(2,10)8(3,11)6-9-4/h9-11H,5-6H2,1-4H3. The van der Waals surface area contributed by atoms with E-state index in [4.69, 9.17) is 0 Å². The molecule has 2 unspecified atom stereocenters. The van der Waals surface area contributed by atoms with Gasteiger partial charge in [0.15, 0.2) is 0 Å². The normalized spacial score (nSPS) is 22.4. The van der Waals surface area contributed by atoms with Crippen molar-refractivity contribution in [3.63, 3.8) is 0 Å². The molecule has 0 spiro atoms. The summed E-state index contributed by atoms with van der Waals surface area (Å²) in [4.78, 5) is 0. The van der Waals surface area contributed by atoms with Crippen molar-refractivity contribution in [2.24, 2.45) is 0 Å². The molecule has 0 aliphatic rings. The summed E-state index contributed by atoms with van der Waals surface area (Å²) in [5.41, 5.74) is -2.08. The van der Waals surface area contributed by atoms with E-state index >= 15 is 0 Å². The van der Waals surface area contributed by atoms with Gasteiger partial charge in [0.25, 0.3) is 0 Å². The largest absolute Gasteiger partial charge is 0.387 e. The average molecular weight is 161 g/mol. The lowest BCUT2D eigenvalue weighted by atomic mass is 9.84. The first kappa shape index (κ1) is 10.9. The lowest BCUT2D eigenvalue weighted by molar-refractivity contribution is -0.129. The lowest BCUT2D eigenvalue weighted by Crippen LogP contribution is -2.54. The first-order valence-electron chi connectivity index (χ1n) is 3.96. The molecule has 11 heavy (non-hydrogen) atoms. The van der Waals surface area contributed by atoms with Gasteiger partial charge >= 0.3 is 0 Å². The van der Waals surface area contributed by atoms with Crippen LogP contribution < -0.4 is 5.32 Å². The minimum absolute atomic E-state index is 0.397. The van der Waals surface area contributed by atoms with E-state index in [9.17, 15) is 10.2 Å². The van der Waals surface area contributed by atoms with Crippen LogP contribution >= 0.6 is 0 Å². The molecule has 0 radical (unpaired) electrons. The Kier molecular flexibility index (Phi) is 3.48. The molecule has 0 bridgehead atoms. The minimum Gasteiger partial charge on any atom is -0.387 e. The highest BCUT2D eigenvalue weighted by Gasteiger charge is 2.39. The molecule has 0 aromatic rings. The van der Waals surface area contributed by atoms with Gasteiger partial charge in [-0.25, -0.2) is 0 Å². The van der Waals surface area contributed by atoms with Crippen molar-refractivity contribution in [1.82, 2.24) is 5.32 Å². The molecule has 3 heteroatoms. The zero-order chi connectivity index (χ0) is 9.12.